The number of hydrogen-bond donors (Lipinski definition) is 1. The zero-order valence-corrected chi connectivity index (χ0v) is 7.81. The van der Waals surface area contributed by atoms with Gasteiger partial charge in [-0.25, -0.2) is 9.37 Å². The third-order valence-corrected chi connectivity index (χ3v) is 2.51. The molecule has 4 heteroatoms. The predicted octanol–water partition coefficient (Wildman–Crippen LogP) is 2.21. The number of fused-ring (bicyclic) bond motifs is 3. The summed E-state index contributed by atoms with van der Waals surface area (Å²) in [6, 6.07) is 6.39. The summed E-state index contributed by atoms with van der Waals surface area (Å²) < 4.78 is 14.8. The van der Waals surface area contributed by atoms with Gasteiger partial charge in [0.1, 0.15) is 18.0 Å². The first kappa shape index (κ1) is 8.23. The highest BCUT2D eigenvalue weighted by molar-refractivity contribution is 5.97. The summed E-state index contributed by atoms with van der Waals surface area (Å²) in [7, 11) is 0. The summed E-state index contributed by atoms with van der Waals surface area (Å²) in [5.41, 5.74) is 6.71. The van der Waals surface area contributed by atoms with Crippen molar-refractivity contribution in [2.45, 2.75) is 0 Å². The van der Waals surface area contributed by atoms with Gasteiger partial charge in [0.05, 0.1) is 11.7 Å². The van der Waals surface area contributed by atoms with Crippen LogP contribution in [-0.2, 0) is 0 Å². The predicted molar refractivity (Wildman–Crippen MR) is 57.1 cm³/mol. The Morgan fingerprint density at radius 2 is 2.13 bits per heavy atom. The van der Waals surface area contributed by atoms with E-state index in [-0.39, 0.29) is 5.82 Å². The van der Waals surface area contributed by atoms with Gasteiger partial charge in [0.2, 0.25) is 0 Å². The van der Waals surface area contributed by atoms with Crippen LogP contribution in [0.1, 0.15) is 0 Å². The van der Waals surface area contributed by atoms with Crippen molar-refractivity contribution in [1.29, 1.82) is 0 Å². The highest BCUT2D eigenvalue weighted by Crippen LogP contribution is 2.23. The van der Waals surface area contributed by atoms with Crippen molar-refractivity contribution in [3.8, 4) is 0 Å². The second kappa shape index (κ2) is 2.70. The van der Waals surface area contributed by atoms with E-state index in [2.05, 4.69) is 4.98 Å². The van der Waals surface area contributed by atoms with Crippen molar-refractivity contribution in [3.05, 3.63) is 42.6 Å². The normalized spacial score (nSPS) is 11.3. The number of halogens is 1. The van der Waals surface area contributed by atoms with Crippen molar-refractivity contribution < 1.29 is 4.39 Å². The molecule has 0 radical (unpaired) electrons. The number of imidazole rings is 1. The lowest BCUT2D eigenvalue weighted by molar-refractivity contribution is 0.630. The maximum atomic E-state index is 13.0. The van der Waals surface area contributed by atoms with Crippen molar-refractivity contribution in [2.75, 3.05) is 5.73 Å². The molecule has 0 fully saturated rings. The first-order valence-electron chi connectivity index (χ1n) is 4.55. The number of nitrogen functional groups attached to an aromatic ring is 1. The Morgan fingerprint density at radius 3 is 3.00 bits per heavy atom. The number of nitrogens with two attached hydrogens (primary N) is 1. The lowest BCUT2D eigenvalue weighted by Crippen LogP contribution is -1.95. The van der Waals surface area contributed by atoms with Gasteiger partial charge in [0, 0.05) is 5.39 Å². The van der Waals surface area contributed by atoms with E-state index in [1.54, 1.807) is 29.1 Å². The fourth-order valence-electron chi connectivity index (χ4n) is 1.82. The van der Waals surface area contributed by atoms with Crippen LogP contribution in [0.5, 0.6) is 0 Å². The average Bonchev–Trinajstić information content (AvgIpc) is 2.66. The second-order valence-corrected chi connectivity index (χ2v) is 3.45. The molecule has 0 aliphatic rings. The Hall–Kier alpha value is -2.10. The number of anilines is 1. The summed E-state index contributed by atoms with van der Waals surface area (Å²) in [6.07, 6.45) is 3.37. The molecule has 0 aliphatic heterocycles. The van der Waals surface area contributed by atoms with Gasteiger partial charge < -0.3 is 5.73 Å². The number of rotatable bonds is 0. The molecular formula is C11H8FN3. The van der Waals surface area contributed by atoms with E-state index in [4.69, 9.17) is 5.73 Å². The molecule has 2 heterocycles. The van der Waals surface area contributed by atoms with Gasteiger partial charge in [0.25, 0.3) is 0 Å². The maximum Gasteiger partial charge on any atom is 0.123 e. The van der Waals surface area contributed by atoms with Crippen LogP contribution in [0.25, 0.3) is 16.3 Å². The fourth-order valence-corrected chi connectivity index (χ4v) is 1.82. The van der Waals surface area contributed by atoms with Crippen LogP contribution in [0.2, 0.25) is 0 Å². The van der Waals surface area contributed by atoms with Gasteiger partial charge >= 0.3 is 0 Å². The molecule has 2 N–H and O–H groups in total. The second-order valence-electron chi connectivity index (χ2n) is 3.45. The molecular weight excluding hydrogens is 193 g/mol. The molecule has 0 aliphatic carbocycles. The van der Waals surface area contributed by atoms with Crippen LogP contribution in [0, 0.1) is 5.82 Å². The Morgan fingerprint density at radius 1 is 1.27 bits per heavy atom. The topological polar surface area (TPSA) is 43.3 Å². The third-order valence-electron chi connectivity index (χ3n) is 2.51. The Balaban J connectivity index is 2.60. The smallest absolute Gasteiger partial charge is 0.123 e. The van der Waals surface area contributed by atoms with Crippen LogP contribution in [-0.4, -0.2) is 9.38 Å². The molecule has 1 aromatic carbocycles. The molecule has 0 spiro atoms. The highest BCUT2D eigenvalue weighted by Gasteiger charge is 2.04. The van der Waals surface area contributed by atoms with Gasteiger partial charge in [-0.1, -0.05) is 0 Å². The average molecular weight is 201 g/mol. The number of nitrogens with zero attached hydrogens (tertiary/aromatic N) is 2. The van der Waals surface area contributed by atoms with Gasteiger partial charge in [0.15, 0.2) is 0 Å². The van der Waals surface area contributed by atoms with Crippen molar-refractivity contribution >= 4 is 22.1 Å². The highest BCUT2D eigenvalue weighted by atomic mass is 19.1. The molecule has 15 heavy (non-hydrogen) atoms. The summed E-state index contributed by atoms with van der Waals surface area (Å²) in [4.78, 5) is 4.02. The van der Waals surface area contributed by atoms with E-state index in [1.807, 2.05) is 0 Å². The van der Waals surface area contributed by atoms with Crippen LogP contribution in [0.3, 0.4) is 0 Å². The minimum atomic E-state index is -0.259. The van der Waals surface area contributed by atoms with Crippen LogP contribution in [0.4, 0.5) is 10.2 Å². The van der Waals surface area contributed by atoms with Gasteiger partial charge in [-0.05, 0) is 29.7 Å². The van der Waals surface area contributed by atoms with E-state index in [1.165, 1.54) is 12.1 Å². The fraction of sp³-hybridized carbons (Fsp3) is 0. The molecule has 0 unspecified atom stereocenters. The molecule has 3 nitrogen and oxygen atoms in total. The Kier molecular flexibility index (Phi) is 1.48. The molecule has 0 saturated heterocycles. The Labute approximate surface area is 85.0 Å². The van der Waals surface area contributed by atoms with Gasteiger partial charge in [-0.2, -0.15) is 0 Å². The minimum Gasteiger partial charge on any atom is -0.385 e. The van der Waals surface area contributed by atoms with Gasteiger partial charge in [-0.3, -0.25) is 4.40 Å². The zero-order chi connectivity index (χ0) is 10.4. The molecule has 0 bridgehead atoms. The van der Waals surface area contributed by atoms with E-state index in [0.29, 0.717) is 5.82 Å². The van der Waals surface area contributed by atoms with Crippen LogP contribution < -0.4 is 5.73 Å². The summed E-state index contributed by atoms with van der Waals surface area (Å²) in [6.45, 7) is 0. The number of hydrogen-bond acceptors (Lipinski definition) is 2. The maximum absolute atomic E-state index is 13.0. The third kappa shape index (κ3) is 1.08. The monoisotopic (exact) mass is 201 g/mol. The first-order valence-corrected chi connectivity index (χ1v) is 4.55. The van der Waals surface area contributed by atoms with Crippen LogP contribution >= 0.6 is 0 Å². The quantitative estimate of drug-likeness (QED) is 0.606. The lowest BCUT2D eigenvalue weighted by atomic mass is 10.1. The summed E-state index contributed by atoms with van der Waals surface area (Å²) in [5, 5.41) is 1.74. The number of pyridine rings is 1. The molecule has 0 saturated carbocycles. The number of aromatic nitrogens is 2. The number of benzene rings is 1. The molecule has 3 rings (SSSR count). The van der Waals surface area contributed by atoms with Crippen molar-refractivity contribution in [2.24, 2.45) is 0 Å². The van der Waals surface area contributed by atoms with Crippen molar-refractivity contribution in [3.63, 3.8) is 0 Å². The largest absolute Gasteiger partial charge is 0.385 e. The SMILES string of the molecule is Nc1cc2cc(F)ccc2c2cncn12. The van der Waals surface area contributed by atoms with E-state index in [9.17, 15) is 4.39 Å². The van der Waals surface area contributed by atoms with E-state index in [0.717, 1.165) is 16.3 Å². The molecule has 2 aromatic heterocycles. The lowest BCUT2D eigenvalue weighted by Gasteiger charge is -2.04. The molecule has 74 valence electrons. The molecule has 0 atom stereocenters. The first-order chi connectivity index (χ1) is 7.25. The Bertz CT molecular complexity index is 657. The van der Waals surface area contributed by atoms with Crippen LogP contribution in [0.15, 0.2) is 36.8 Å². The molecule has 3 aromatic rings. The minimum absolute atomic E-state index is 0.259. The van der Waals surface area contributed by atoms with Crippen molar-refractivity contribution in [1.82, 2.24) is 9.38 Å². The zero-order valence-electron chi connectivity index (χ0n) is 7.81. The van der Waals surface area contributed by atoms with E-state index < -0.39 is 0 Å². The molecule has 0 amide bonds. The summed E-state index contributed by atoms with van der Waals surface area (Å²) >= 11 is 0. The van der Waals surface area contributed by atoms with E-state index >= 15 is 0 Å². The summed E-state index contributed by atoms with van der Waals surface area (Å²) in [5.74, 6) is 0.298. The standard InChI is InChI=1S/C11H8FN3/c12-8-1-2-9-7(3-8)4-11(13)15-6-14-5-10(9)15/h1-6H,13H2. The van der Waals surface area contributed by atoms with Gasteiger partial charge in [-0.15, -0.1) is 0 Å².